The third-order valence-corrected chi connectivity index (χ3v) is 1.98. The molecule has 0 aliphatic heterocycles. The molecule has 1 saturated carbocycles. The molecule has 0 saturated heterocycles. The van der Waals surface area contributed by atoms with Crippen LogP contribution in [0.5, 0.6) is 0 Å². The van der Waals surface area contributed by atoms with Crippen molar-refractivity contribution in [2.45, 2.75) is 18.9 Å². The topological polar surface area (TPSA) is 64.3 Å². The van der Waals surface area contributed by atoms with E-state index in [9.17, 15) is 4.79 Å². The zero-order valence-electron chi connectivity index (χ0n) is 6.67. The van der Waals surface area contributed by atoms with Gasteiger partial charge in [0, 0.05) is 19.8 Å². The van der Waals surface area contributed by atoms with Crippen molar-refractivity contribution in [3.63, 3.8) is 0 Å². The second-order valence-electron chi connectivity index (χ2n) is 3.00. The molecule has 0 aromatic heterocycles. The fourth-order valence-corrected chi connectivity index (χ4v) is 1.43. The molecule has 4 nitrogen and oxygen atoms in total. The van der Waals surface area contributed by atoms with E-state index in [2.05, 4.69) is 5.32 Å². The van der Waals surface area contributed by atoms with Crippen molar-refractivity contribution in [3.05, 3.63) is 0 Å². The first-order chi connectivity index (χ1) is 5.22. The lowest BCUT2D eigenvalue weighted by atomic mass is 9.81. The van der Waals surface area contributed by atoms with E-state index in [1.54, 1.807) is 7.11 Å². The maximum Gasteiger partial charge on any atom is 0.312 e. The van der Waals surface area contributed by atoms with E-state index >= 15 is 0 Å². The number of urea groups is 1. The third kappa shape index (κ3) is 2.38. The normalized spacial score (nSPS) is 29.2. The smallest absolute Gasteiger partial charge is 0.312 e. The van der Waals surface area contributed by atoms with Crippen LogP contribution >= 0.6 is 0 Å². The van der Waals surface area contributed by atoms with Gasteiger partial charge in [-0.25, -0.2) is 4.79 Å². The largest absolute Gasteiger partial charge is 0.384 e. The summed E-state index contributed by atoms with van der Waals surface area (Å²) in [4.78, 5) is 10.3. The van der Waals surface area contributed by atoms with Gasteiger partial charge in [0.15, 0.2) is 0 Å². The van der Waals surface area contributed by atoms with Crippen molar-refractivity contribution in [1.82, 2.24) is 5.32 Å². The Bertz CT molecular complexity index is 143. The summed E-state index contributed by atoms with van der Waals surface area (Å²) in [6, 6.07) is -0.140. The fraction of sp³-hybridized carbons (Fsp3) is 0.857. The lowest BCUT2D eigenvalue weighted by molar-refractivity contribution is 0.0914. The number of primary amides is 1. The number of carbonyl (C=O) groups excluding carboxylic acids is 1. The highest BCUT2D eigenvalue weighted by Crippen LogP contribution is 2.26. The Hall–Kier alpha value is -0.770. The summed E-state index contributed by atoms with van der Waals surface area (Å²) in [6.45, 7) is 0.789. The summed E-state index contributed by atoms with van der Waals surface area (Å²) in [7, 11) is 1.69. The van der Waals surface area contributed by atoms with Gasteiger partial charge in [0.1, 0.15) is 0 Å². The molecule has 0 aromatic carbocycles. The van der Waals surface area contributed by atoms with Gasteiger partial charge >= 0.3 is 6.03 Å². The highest BCUT2D eigenvalue weighted by atomic mass is 16.5. The molecule has 0 radical (unpaired) electrons. The molecule has 0 spiro atoms. The highest BCUT2D eigenvalue weighted by molar-refractivity contribution is 5.72. The van der Waals surface area contributed by atoms with Crippen molar-refractivity contribution in [2.75, 3.05) is 13.7 Å². The van der Waals surface area contributed by atoms with E-state index in [1.807, 2.05) is 0 Å². The third-order valence-electron chi connectivity index (χ3n) is 1.98. The number of amides is 2. The number of nitrogens with two attached hydrogens (primary N) is 1. The van der Waals surface area contributed by atoms with Gasteiger partial charge in [-0.1, -0.05) is 0 Å². The SMILES string of the molecule is COCC1CC(NC(N)=O)C1. The Morgan fingerprint density at radius 1 is 1.73 bits per heavy atom. The molecular weight excluding hydrogens is 144 g/mol. The average molecular weight is 158 g/mol. The molecule has 4 heteroatoms. The Labute approximate surface area is 66.1 Å². The number of hydrogen-bond acceptors (Lipinski definition) is 2. The maximum absolute atomic E-state index is 10.3. The van der Waals surface area contributed by atoms with Crippen molar-refractivity contribution < 1.29 is 9.53 Å². The van der Waals surface area contributed by atoms with Gasteiger partial charge in [-0.15, -0.1) is 0 Å². The van der Waals surface area contributed by atoms with E-state index in [0.29, 0.717) is 5.92 Å². The van der Waals surface area contributed by atoms with E-state index < -0.39 is 6.03 Å². The van der Waals surface area contributed by atoms with Crippen LogP contribution in [-0.2, 0) is 4.74 Å². The van der Waals surface area contributed by atoms with E-state index in [1.165, 1.54) is 0 Å². The minimum atomic E-state index is -0.425. The Morgan fingerprint density at radius 3 is 2.82 bits per heavy atom. The maximum atomic E-state index is 10.3. The van der Waals surface area contributed by atoms with Gasteiger partial charge in [0.2, 0.25) is 0 Å². The number of methoxy groups -OCH3 is 1. The molecule has 11 heavy (non-hydrogen) atoms. The van der Waals surface area contributed by atoms with E-state index in [0.717, 1.165) is 19.4 Å². The molecule has 0 unspecified atom stereocenters. The Morgan fingerprint density at radius 2 is 2.36 bits per heavy atom. The van der Waals surface area contributed by atoms with Gasteiger partial charge < -0.3 is 15.8 Å². The zero-order valence-corrected chi connectivity index (χ0v) is 6.67. The first-order valence-corrected chi connectivity index (χ1v) is 3.77. The molecule has 3 N–H and O–H groups in total. The molecule has 1 fully saturated rings. The minimum Gasteiger partial charge on any atom is -0.384 e. The summed E-state index contributed by atoms with van der Waals surface area (Å²) in [5.74, 6) is 0.608. The Kier molecular flexibility index (Phi) is 2.70. The number of ether oxygens (including phenoxy) is 1. The van der Waals surface area contributed by atoms with Crippen molar-refractivity contribution in [2.24, 2.45) is 11.7 Å². The summed E-state index contributed by atoms with van der Waals surface area (Å²) >= 11 is 0. The van der Waals surface area contributed by atoms with E-state index in [4.69, 9.17) is 10.5 Å². The lowest BCUT2D eigenvalue weighted by Gasteiger charge is -2.34. The summed E-state index contributed by atoms with van der Waals surface area (Å²) in [5.41, 5.74) is 4.94. The Balaban J connectivity index is 2.04. The molecule has 1 aliphatic carbocycles. The summed E-state index contributed by atoms with van der Waals surface area (Å²) in [6.07, 6.45) is 1.99. The van der Waals surface area contributed by atoms with Crippen LogP contribution in [0.3, 0.4) is 0 Å². The summed E-state index contributed by atoms with van der Waals surface area (Å²) in [5, 5.41) is 2.65. The van der Waals surface area contributed by atoms with E-state index in [-0.39, 0.29) is 6.04 Å². The van der Waals surface area contributed by atoms with Crippen LogP contribution in [0.1, 0.15) is 12.8 Å². The van der Waals surface area contributed by atoms with Gasteiger partial charge in [-0.3, -0.25) is 0 Å². The predicted octanol–water partition coefficient (Wildman–Crippen LogP) is 0.0797. The average Bonchev–Trinajstić information content (AvgIpc) is 1.82. The molecule has 0 atom stereocenters. The van der Waals surface area contributed by atoms with Crippen molar-refractivity contribution in [1.29, 1.82) is 0 Å². The standard InChI is InChI=1S/C7H14N2O2/c1-11-4-5-2-6(3-5)9-7(8)10/h5-6H,2-4H2,1H3,(H3,8,9,10). The quantitative estimate of drug-likeness (QED) is 0.611. The second kappa shape index (κ2) is 3.57. The van der Waals surface area contributed by atoms with Crippen LogP contribution < -0.4 is 11.1 Å². The molecule has 1 rings (SSSR count). The number of nitrogens with one attached hydrogen (secondary N) is 1. The number of carbonyl (C=O) groups is 1. The zero-order chi connectivity index (χ0) is 8.27. The molecule has 0 heterocycles. The molecular formula is C7H14N2O2. The van der Waals surface area contributed by atoms with Crippen LogP contribution in [0.2, 0.25) is 0 Å². The molecule has 2 amide bonds. The molecule has 0 bridgehead atoms. The number of rotatable bonds is 3. The first-order valence-electron chi connectivity index (χ1n) is 3.77. The van der Waals surface area contributed by atoms with Crippen molar-refractivity contribution in [3.8, 4) is 0 Å². The van der Waals surface area contributed by atoms with Crippen LogP contribution in [0.4, 0.5) is 4.79 Å². The van der Waals surface area contributed by atoms with Crippen molar-refractivity contribution >= 4 is 6.03 Å². The predicted molar refractivity (Wildman–Crippen MR) is 41.1 cm³/mol. The van der Waals surface area contributed by atoms with Gasteiger partial charge in [0.05, 0.1) is 0 Å². The molecule has 1 aliphatic rings. The molecule has 0 aromatic rings. The monoisotopic (exact) mass is 158 g/mol. The highest BCUT2D eigenvalue weighted by Gasteiger charge is 2.29. The number of hydrogen-bond donors (Lipinski definition) is 2. The second-order valence-corrected chi connectivity index (χ2v) is 3.00. The van der Waals surface area contributed by atoms with Crippen LogP contribution in [0.25, 0.3) is 0 Å². The minimum absolute atomic E-state index is 0.285. The summed E-state index contributed by atoms with van der Waals surface area (Å²) < 4.78 is 4.96. The van der Waals surface area contributed by atoms with Crippen LogP contribution in [0.15, 0.2) is 0 Å². The fourth-order valence-electron chi connectivity index (χ4n) is 1.43. The van der Waals surface area contributed by atoms with Gasteiger partial charge in [-0.2, -0.15) is 0 Å². The van der Waals surface area contributed by atoms with Gasteiger partial charge in [-0.05, 0) is 18.8 Å². The lowest BCUT2D eigenvalue weighted by Crippen LogP contribution is -2.47. The first kappa shape index (κ1) is 8.33. The molecule has 64 valence electrons. The van der Waals surface area contributed by atoms with Crippen LogP contribution in [0, 0.1) is 5.92 Å². The van der Waals surface area contributed by atoms with Crippen LogP contribution in [-0.4, -0.2) is 25.8 Å². The van der Waals surface area contributed by atoms with Gasteiger partial charge in [0.25, 0.3) is 0 Å².